The van der Waals surface area contributed by atoms with Gasteiger partial charge in [0.2, 0.25) is 0 Å². The number of aryl methyl sites for hydroxylation is 1. The molecule has 0 aliphatic rings. The highest BCUT2D eigenvalue weighted by atomic mass is 32.2. The van der Waals surface area contributed by atoms with Crippen LogP contribution >= 0.6 is 0 Å². The number of azide groups is 1. The van der Waals surface area contributed by atoms with Crippen LogP contribution in [0.4, 0.5) is 4.39 Å². The zero-order chi connectivity index (χ0) is 10.8. The van der Waals surface area contributed by atoms with Gasteiger partial charge in [-0.3, -0.25) is 0 Å². The Morgan fingerprint density at radius 2 is 2.14 bits per heavy atom. The zero-order valence-electron chi connectivity index (χ0n) is 7.18. The summed E-state index contributed by atoms with van der Waals surface area (Å²) < 4.78 is 37.8. The van der Waals surface area contributed by atoms with Gasteiger partial charge in [0, 0.05) is 9.43 Å². The molecule has 0 spiro atoms. The largest absolute Gasteiger partial charge is 0.264 e. The first-order chi connectivity index (χ1) is 6.47. The highest BCUT2D eigenvalue weighted by Gasteiger charge is 2.15. The summed E-state index contributed by atoms with van der Waals surface area (Å²) in [5.74, 6) is -0.692. The molecule has 7 heteroatoms. The van der Waals surface area contributed by atoms with Crippen LogP contribution in [-0.2, 0) is 10.0 Å². The van der Waals surface area contributed by atoms with Crippen LogP contribution in [0.5, 0.6) is 0 Å². The van der Waals surface area contributed by atoms with Gasteiger partial charge in [0.15, 0.2) is 0 Å². The van der Waals surface area contributed by atoms with Crippen molar-refractivity contribution in [1.29, 1.82) is 0 Å². The Morgan fingerprint density at radius 1 is 1.50 bits per heavy atom. The lowest BCUT2D eigenvalue weighted by Gasteiger charge is -2.01. The summed E-state index contributed by atoms with van der Waals surface area (Å²) in [4.78, 5) is 1.86. The molecule has 1 aromatic rings. The Labute approximate surface area is 79.9 Å². The van der Waals surface area contributed by atoms with E-state index in [0.717, 1.165) is 12.1 Å². The van der Waals surface area contributed by atoms with E-state index in [1.54, 1.807) is 0 Å². The van der Waals surface area contributed by atoms with E-state index in [1.165, 1.54) is 13.0 Å². The number of hydrogen-bond acceptors (Lipinski definition) is 2. The highest BCUT2D eigenvalue weighted by Crippen LogP contribution is 2.18. The summed E-state index contributed by atoms with van der Waals surface area (Å²) in [5.41, 5.74) is 8.34. The van der Waals surface area contributed by atoms with Crippen LogP contribution in [-0.4, -0.2) is 8.42 Å². The molecule has 0 radical (unpaired) electrons. The molecular weight excluding hydrogens is 209 g/mol. The summed E-state index contributed by atoms with van der Waals surface area (Å²) in [5, 5.41) is 0. The summed E-state index contributed by atoms with van der Waals surface area (Å²) in [7, 11) is -4.10. The van der Waals surface area contributed by atoms with Crippen LogP contribution in [0.1, 0.15) is 5.56 Å². The Kier molecular flexibility index (Phi) is 2.73. The second-order valence-corrected chi connectivity index (χ2v) is 4.11. The maximum atomic E-state index is 12.7. The minimum atomic E-state index is -4.10. The van der Waals surface area contributed by atoms with Crippen molar-refractivity contribution in [3.63, 3.8) is 0 Å². The highest BCUT2D eigenvalue weighted by molar-refractivity contribution is 7.90. The number of halogens is 1. The van der Waals surface area contributed by atoms with E-state index in [2.05, 4.69) is 9.43 Å². The van der Waals surface area contributed by atoms with E-state index in [4.69, 9.17) is 5.53 Å². The first-order valence-corrected chi connectivity index (χ1v) is 4.99. The van der Waals surface area contributed by atoms with Crippen molar-refractivity contribution in [2.45, 2.75) is 11.8 Å². The Balaban J connectivity index is 3.46. The predicted molar refractivity (Wildman–Crippen MR) is 47.5 cm³/mol. The predicted octanol–water partition coefficient (Wildman–Crippen LogP) is 2.13. The molecule has 0 unspecified atom stereocenters. The smallest absolute Gasteiger partial charge is 0.216 e. The monoisotopic (exact) mass is 215 g/mol. The zero-order valence-corrected chi connectivity index (χ0v) is 7.99. The summed E-state index contributed by atoms with van der Waals surface area (Å²) in [6, 6.07) is 3.25. The first-order valence-electron chi connectivity index (χ1n) is 3.55. The van der Waals surface area contributed by atoms with Crippen LogP contribution in [0.2, 0.25) is 0 Å². The van der Waals surface area contributed by atoms with Crippen molar-refractivity contribution in [2.24, 2.45) is 4.52 Å². The van der Waals surface area contributed by atoms with Crippen LogP contribution in [0.15, 0.2) is 27.6 Å². The van der Waals surface area contributed by atoms with Gasteiger partial charge < -0.3 is 0 Å². The van der Waals surface area contributed by atoms with Crippen LogP contribution < -0.4 is 0 Å². The van der Waals surface area contributed by atoms with Crippen LogP contribution in [0.25, 0.3) is 10.4 Å². The van der Waals surface area contributed by atoms with Gasteiger partial charge in [0.25, 0.3) is 10.0 Å². The third-order valence-corrected chi connectivity index (χ3v) is 2.86. The fourth-order valence-electron chi connectivity index (χ4n) is 0.944. The quantitative estimate of drug-likeness (QED) is 0.430. The SMILES string of the molecule is Cc1ccc(F)cc1S(=O)(=O)N=[N+]=[N-]. The number of rotatable bonds is 2. The van der Waals surface area contributed by atoms with Gasteiger partial charge in [-0.05, 0) is 30.2 Å². The number of nitrogens with zero attached hydrogens (tertiary/aromatic N) is 3. The minimum Gasteiger partial charge on any atom is -0.216 e. The molecule has 0 aromatic heterocycles. The molecule has 0 aliphatic carbocycles. The molecule has 1 rings (SSSR count). The molecule has 0 bridgehead atoms. The third kappa shape index (κ3) is 2.01. The van der Waals surface area contributed by atoms with E-state index >= 15 is 0 Å². The van der Waals surface area contributed by atoms with Crippen LogP contribution in [0.3, 0.4) is 0 Å². The van der Waals surface area contributed by atoms with Crippen molar-refractivity contribution in [3.8, 4) is 0 Å². The van der Waals surface area contributed by atoms with Gasteiger partial charge in [0.1, 0.15) is 5.82 Å². The van der Waals surface area contributed by atoms with Crippen molar-refractivity contribution in [1.82, 2.24) is 0 Å². The molecule has 74 valence electrons. The number of sulfonamides is 1. The summed E-state index contributed by atoms with van der Waals surface area (Å²) in [6.07, 6.45) is 0. The molecule has 0 saturated heterocycles. The second-order valence-electron chi connectivity index (χ2n) is 2.56. The Bertz CT molecular complexity index is 506. The molecule has 0 N–H and O–H groups in total. The average molecular weight is 215 g/mol. The number of hydrogen-bond donors (Lipinski definition) is 0. The summed E-state index contributed by atoms with van der Waals surface area (Å²) >= 11 is 0. The molecule has 0 amide bonds. The van der Waals surface area contributed by atoms with Crippen LogP contribution in [0, 0.1) is 12.7 Å². The lowest BCUT2D eigenvalue weighted by atomic mass is 10.2. The molecule has 1 aromatic carbocycles. The second kappa shape index (κ2) is 3.65. The lowest BCUT2D eigenvalue weighted by Crippen LogP contribution is -1.99. The van der Waals surface area contributed by atoms with E-state index in [-0.39, 0.29) is 4.90 Å². The summed E-state index contributed by atoms with van der Waals surface area (Å²) in [6.45, 7) is 1.49. The van der Waals surface area contributed by atoms with E-state index < -0.39 is 15.8 Å². The fourth-order valence-corrected chi connectivity index (χ4v) is 1.86. The lowest BCUT2D eigenvalue weighted by molar-refractivity contribution is 0.591. The van der Waals surface area contributed by atoms with Crippen molar-refractivity contribution in [2.75, 3.05) is 0 Å². The molecule has 0 fully saturated rings. The number of benzene rings is 1. The van der Waals surface area contributed by atoms with Gasteiger partial charge in [-0.1, -0.05) is 6.07 Å². The Hall–Kier alpha value is -1.59. The fraction of sp³-hybridized carbons (Fsp3) is 0.143. The molecule has 5 nitrogen and oxygen atoms in total. The van der Waals surface area contributed by atoms with Gasteiger partial charge in [0.05, 0.1) is 4.90 Å². The topological polar surface area (TPSA) is 82.9 Å². The minimum absolute atomic E-state index is 0.310. The third-order valence-electron chi connectivity index (χ3n) is 1.57. The van der Waals surface area contributed by atoms with E-state index in [9.17, 15) is 12.8 Å². The maximum Gasteiger partial charge on any atom is 0.264 e. The van der Waals surface area contributed by atoms with Crippen molar-refractivity contribution in [3.05, 3.63) is 40.0 Å². The molecule has 0 heterocycles. The Morgan fingerprint density at radius 3 is 2.71 bits per heavy atom. The average Bonchev–Trinajstić information content (AvgIpc) is 2.09. The molecule has 0 aliphatic heterocycles. The molecular formula is C7H6FN3O2S. The van der Waals surface area contributed by atoms with Gasteiger partial charge >= 0.3 is 0 Å². The van der Waals surface area contributed by atoms with Gasteiger partial charge in [-0.25, -0.2) is 12.8 Å². The molecule has 0 atom stereocenters. The van der Waals surface area contributed by atoms with E-state index in [1.807, 2.05) is 0 Å². The van der Waals surface area contributed by atoms with Crippen molar-refractivity contribution >= 4 is 10.0 Å². The standard InChI is InChI=1S/C7H6FN3O2S/c1-5-2-3-6(8)4-7(5)14(12,13)11-10-9/h2-4H,1H3. The van der Waals surface area contributed by atoms with Gasteiger partial charge in [-0.2, -0.15) is 0 Å². The molecule has 0 saturated carbocycles. The first kappa shape index (κ1) is 10.5. The van der Waals surface area contributed by atoms with Gasteiger partial charge in [-0.15, -0.1) is 0 Å². The normalized spacial score (nSPS) is 10.7. The van der Waals surface area contributed by atoms with Crippen molar-refractivity contribution < 1.29 is 12.8 Å². The molecule has 14 heavy (non-hydrogen) atoms. The maximum absolute atomic E-state index is 12.7. The van der Waals surface area contributed by atoms with E-state index in [0.29, 0.717) is 5.56 Å².